The molecule has 2 N–H and O–H groups in total. The molecule has 0 radical (unpaired) electrons. The van der Waals surface area contributed by atoms with Crippen LogP contribution in [0.4, 0.5) is 0 Å². The van der Waals surface area contributed by atoms with E-state index in [1.807, 2.05) is 31.2 Å². The molecule has 1 aromatic rings. The summed E-state index contributed by atoms with van der Waals surface area (Å²) in [4.78, 5) is 4.30. The highest BCUT2D eigenvalue weighted by Gasteiger charge is 2.16. The fraction of sp³-hybridized carbons (Fsp3) is 0.333. The Bertz CT molecular complexity index is 443. The molecule has 0 aliphatic carbocycles. The van der Waals surface area contributed by atoms with Gasteiger partial charge >= 0.3 is 0 Å². The predicted octanol–water partition coefficient (Wildman–Crippen LogP) is 1.26. The van der Waals surface area contributed by atoms with Crippen molar-refractivity contribution in [2.75, 3.05) is 13.1 Å². The van der Waals surface area contributed by atoms with Crippen molar-refractivity contribution in [2.24, 2.45) is 10.1 Å². The number of aliphatic imine (C=N–C) groups is 1. The van der Waals surface area contributed by atoms with Crippen molar-refractivity contribution in [2.45, 2.75) is 13.0 Å². The Hall–Kier alpha value is -2.04. The van der Waals surface area contributed by atoms with Crippen LogP contribution in [0.5, 0.6) is 5.75 Å². The van der Waals surface area contributed by atoms with Crippen molar-refractivity contribution >= 4 is 12.1 Å². The third-order valence-corrected chi connectivity index (χ3v) is 2.50. The van der Waals surface area contributed by atoms with Crippen LogP contribution < -0.4 is 10.1 Å². The number of ether oxygens (including phenoxy) is 1. The van der Waals surface area contributed by atoms with Crippen LogP contribution >= 0.6 is 0 Å². The second kappa shape index (κ2) is 5.34. The molecule has 90 valence electrons. The second-order valence-corrected chi connectivity index (χ2v) is 3.74. The summed E-state index contributed by atoms with van der Waals surface area (Å²) in [7, 11) is 0. The third kappa shape index (κ3) is 2.75. The molecule has 1 heterocycles. The van der Waals surface area contributed by atoms with E-state index >= 15 is 0 Å². The molecule has 1 unspecified atom stereocenters. The van der Waals surface area contributed by atoms with E-state index in [2.05, 4.69) is 15.5 Å². The first kappa shape index (κ1) is 11.4. The molecule has 0 aromatic heterocycles. The molecule has 1 aliphatic heterocycles. The molecular formula is C12H15N3O2. The lowest BCUT2D eigenvalue weighted by molar-refractivity contribution is 0.283. The van der Waals surface area contributed by atoms with E-state index in [9.17, 15) is 0 Å². The van der Waals surface area contributed by atoms with E-state index in [1.54, 1.807) is 0 Å². The van der Waals surface area contributed by atoms with Crippen LogP contribution in [0.3, 0.4) is 0 Å². The average Bonchev–Trinajstić information content (AvgIpc) is 2.85. The summed E-state index contributed by atoms with van der Waals surface area (Å²) < 4.78 is 5.79. The molecule has 2 rings (SSSR count). The van der Waals surface area contributed by atoms with Gasteiger partial charge in [-0.1, -0.05) is 17.3 Å². The molecule has 1 aliphatic rings. The van der Waals surface area contributed by atoms with Crippen LogP contribution in [0.25, 0.3) is 0 Å². The van der Waals surface area contributed by atoms with Crippen LogP contribution in [-0.4, -0.2) is 36.5 Å². The lowest BCUT2D eigenvalue weighted by Crippen LogP contribution is -2.33. The first-order valence-corrected chi connectivity index (χ1v) is 5.52. The fourth-order valence-electron chi connectivity index (χ4n) is 1.69. The van der Waals surface area contributed by atoms with Crippen LogP contribution in [0, 0.1) is 0 Å². The van der Waals surface area contributed by atoms with Gasteiger partial charge in [0.1, 0.15) is 11.6 Å². The largest absolute Gasteiger partial charge is 0.482 e. The topological polar surface area (TPSA) is 66.2 Å². The molecule has 0 bridgehead atoms. The summed E-state index contributed by atoms with van der Waals surface area (Å²) >= 11 is 0. The summed E-state index contributed by atoms with van der Waals surface area (Å²) in [5, 5.41) is 14.8. The van der Waals surface area contributed by atoms with Gasteiger partial charge in [-0.15, -0.1) is 0 Å². The minimum atomic E-state index is -0.134. The Balaban J connectivity index is 2.12. The van der Waals surface area contributed by atoms with E-state index in [1.165, 1.54) is 6.21 Å². The Morgan fingerprint density at radius 1 is 1.53 bits per heavy atom. The maximum absolute atomic E-state index is 8.57. The highest BCUT2D eigenvalue weighted by molar-refractivity contribution is 5.88. The van der Waals surface area contributed by atoms with Gasteiger partial charge in [0.05, 0.1) is 12.8 Å². The highest BCUT2D eigenvalue weighted by Crippen LogP contribution is 2.18. The zero-order valence-corrected chi connectivity index (χ0v) is 9.63. The van der Waals surface area contributed by atoms with Crippen LogP contribution in [0.2, 0.25) is 0 Å². The van der Waals surface area contributed by atoms with E-state index in [0.29, 0.717) is 5.75 Å². The lowest BCUT2D eigenvalue weighted by atomic mass is 10.2. The van der Waals surface area contributed by atoms with E-state index < -0.39 is 0 Å². The van der Waals surface area contributed by atoms with Gasteiger partial charge in [0.25, 0.3) is 0 Å². The molecule has 17 heavy (non-hydrogen) atoms. The lowest BCUT2D eigenvalue weighted by Gasteiger charge is -2.16. The van der Waals surface area contributed by atoms with Gasteiger partial charge in [-0.3, -0.25) is 4.99 Å². The average molecular weight is 233 g/mol. The van der Waals surface area contributed by atoms with Crippen LogP contribution in [0.1, 0.15) is 12.5 Å². The Morgan fingerprint density at radius 2 is 2.35 bits per heavy atom. The molecule has 1 aromatic carbocycles. The number of benzene rings is 1. The fourth-order valence-corrected chi connectivity index (χ4v) is 1.69. The van der Waals surface area contributed by atoms with Crippen molar-refractivity contribution in [3.8, 4) is 5.75 Å². The zero-order valence-electron chi connectivity index (χ0n) is 9.63. The summed E-state index contributed by atoms with van der Waals surface area (Å²) in [6.07, 6.45) is 1.22. The maximum Gasteiger partial charge on any atom is 0.152 e. The predicted molar refractivity (Wildman–Crippen MR) is 66.2 cm³/mol. The number of rotatable bonds is 4. The quantitative estimate of drug-likeness (QED) is 0.467. The molecule has 5 heteroatoms. The summed E-state index contributed by atoms with van der Waals surface area (Å²) in [5.41, 5.74) is 0.737. The SMILES string of the molecule is CC(Oc1ccccc1/C=N\O)C1=NCCN1. The molecule has 1 atom stereocenters. The zero-order chi connectivity index (χ0) is 12.1. The first-order chi connectivity index (χ1) is 8.31. The van der Waals surface area contributed by atoms with Gasteiger partial charge in [-0.25, -0.2) is 0 Å². The standard InChI is InChI=1S/C12H15N3O2/c1-9(12-13-6-7-14-12)17-11-5-3-2-4-10(11)8-15-16/h2-5,8-9,16H,6-7H2,1H3,(H,13,14)/b15-8-. The van der Waals surface area contributed by atoms with E-state index in [4.69, 9.17) is 9.94 Å². The maximum atomic E-state index is 8.57. The molecular weight excluding hydrogens is 218 g/mol. The van der Waals surface area contributed by atoms with Gasteiger partial charge in [-0.05, 0) is 19.1 Å². The Kier molecular flexibility index (Phi) is 3.59. The minimum Gasteiger partial charge on any atom is -0.482 e. The monoisotopic (exact) mass is 233 g/mol. The van der Waals surface area contributed by atoms with Gasteiger partial charge in [-0.2, -0.15) is 0 Å². The van der Waals surface area contributed by atoms with Crippen molar-refractivity contribution in [1.82, 2.24) is 5.32 Å². The van der Waals surface area contributed by atoms with Gasteiger partial charge in [0.2, 0.25) is 0 Å². The van der Waals surface area contributed by atoms with Crippen molar-refractivity contribution in [1.29, 1.82) is 0 Å². The number of hydrogen-bond acceptors (Lipinski definition) is 5. The smallest absolute Gasteiger partial charge is 0.152 e. The highest BCUT2D eigenvalue weighted by atomic mass is 16.5. The van der Waals surface area contributed by atoms with Crippen LogP contribution in [0.15, 0.2) is 34.4 Å². The van der Waals surface area contributed by atoms with Gasteiger partial charge < -0.3 is 15.3 Å². The van der Waals surface area contributed by atoms with Crippen LogP contribution in [-0.2, 0) is 0 Å². The minimum absolute atomic E-state index is 0.134. The number of amidine groups is 1. The number of oxime groups is 1. The summed E-state index contributed by atoms with van der Waals surface area (Å²) in [6, 6.07) is 7.40. The van der Waals surface area contributed by atoms with Crippen molar-refractivity contribution in [3.63, 3.8) is 0 Å². The summed E-state index contributed by atoms with van der Waals surface area (Å²) in [5.74, 6) is 1.54. The summed E-state index contributed by atoms with van der Waals surface area (Å²) in [6.45, 7) is 3.59. The van der Waals surface area contributed by atoms with Crippen molar-refractivity contribution in [3.05, 3.63) is 29.8 Å². The van der Waals surface area contributed by atoms with Crippen molar-refractivity contribution < 1.29 is 9.94 Å². The molecule has 0 spiro atoms. The Morgan fingerprint density at radius 3 is 3.06 bits per heavy atom. The van der Waals surface area contributed by atoms with E-state index in [-0.39, 0.29) is 6.10 Å². The van der Waals surface area contributed by atoms with E-state index in [0.717, 1.165) is 24.5 Å². The molecule has 5 nitrogen and oxygen atoms in total. The first-order valence-electron chi connectivity index (χ1n) is 5.52. The molecule has 0 fully saturated rings. The number of nitrogens with one attached hydrogen (secondary N) is 1. The van der Waals surface area contributed by atoms with Gasteiger partial charge in [0, 0.05) is 12.1 Å². The normalized spacial score (nSPS) is 16.6. The second-order valence-electron chi connectivity index (χ2n) is 3.74. The Labute approximate surface area is 99.8 Å². The van der Waals surface area contributed by atoms with Gasteiger partial charge in [0.15, 0.2) is 6.10 Å². The number of hydrogen-bond donors (Lipinski definition) is 2. The third-order valence-electron chi connectivity index (χ3n) is 2.50. The number of nitrogens with zero attached hydrogens (tertiary/aromatic N) is 2. The molecule has 0 saturated carbocycles. The molecule has 0 saturated heterocycles. The molecule has 0 amide bonds. The number of para-hydroxylation sites is 1.